The topological polar surface area (TPSA) is 77.1 Å². The molecular formula is C22H28N2O5. The zero-order valence-corrected chi connectivity index (χ0v) is 17.4. The normalized spacial score (nSPS) is 27.5. The van der Waals surface area contributed by atoms with E-state index in [0.717, 1.165) is 25.1 Å². The van der Waals surface area contributed by atoms with Gasteiger partial charge in [0.2, 0.25) is 0 Å². The number of ether oxygens (including phenoxy) is 3. The van der Waals surface area contributed by atoms with E-state index in [9.17, 15) is 9.59 Å². The second-order valence-corrected chi connectivity index (χ2v) is 8.43. The number of rotatable bonds is 3. The van der Waals surface area contributed by atoms with Crippen molar-refractivity contribution in [3.8, 4) is 11.5 Å². The van der Waals surface area contributed by atoms with Crippen LogP contribution in [0, 0.1) is 5.92 Å². The summed E-state index contributed by atoms with van der Waals surface area (Å²) < 4.78 is 17.5. The molecule has 3 atom stereocenters. The molecule has 29 heavy (non-hydrogen) atoms. The summed E-state index contributed by atoms with van der Waals surface area (Å²) in [5.41, 5.74) is 1.96. The molecule has 0 unspecified atom stereocenters. The van der Waals surface area contributed by atoms with Crippen molar-refractivity contribution in [3.63, 3.8) is 0 Å². The first-order valence-corrected chi connectivity index (χ1v) is 10.1. The Balaban J connectivity index is 1.73. The van der Waals surface area contributed by atoms with Gasteiger partial charge in [-0.15, -0.1) is 0 Å². The molecule has 1 amide bonds. The smallest absolute Gasteiger partial charge is 0.412 e. The third-order valence-corrected chi connectivity index (χ3v) is 6.06. The molecule has 0 bridgehead atoms. The molecule has 0 radical (unpaired) electrons. The average molecular weight is 400 g/mol. The lowest BCUT2D eigenvalue weighted by atomic mass is 9.69. The van der Waals surface area contributed by atoms with E-state index in [1.807, 2.05) is 26.0 Å². The molecular weight excluding hydrogens is 372 g/mol. The van der Waals surface area contributed by atoms with Crippen LogP contribution in [-0.2, 0) is 21.5 Å². The van der Waals surface area contributed by atoms with Gasteiger partial charge in [0, 0.05) is 25.6 Å². The highest BCUT2D eigenvalue weighted by atomic mass is 16.6. The number of hydrogen-bond acceptors (Lipinski definition) is 6. The van der Waals surface area contributed by atoms with Crippen LogP contribution in [0.3, 0.4) is 0 Å². The zero-order valence-electron chi connectivity index (χ0n) is 17.4. The first-order chi connectivity index (χ1) is 13.8. The van der Waals surface area contributed by atoms with Gasteiger partial charge in [-0.3, -0.25) is 4.79 Å². The Morgan fingerprint density at radius 1 is 1.34 bits per heavy atom. The Morgan fingerprint density at radius 2 is 2.14 bits per heavy atom. The molecule has 156 valence electrons. The van der Waals surface area contributed by atoms with E-state index in [4.69, 9.17) is 14.2 Å². The van der Waals surface area contributed by atoms with Crippen molar-refractivity contribution in [3.05, 3.63) is 35.4 Å². The molecule has 1 aliphatic carbocycles. The Morgan fingerprint density at radius 3 is 2.86 bits per heavy atom. The SMILES string of the molecule is CNC(=O)Oc1ccc2c3c1O[C@H]1C[C@@H](OC(=O)C(C)C)C=C[C@@]31CCN(C)C2. The maximum atomic E-state index is 12.1. The number of carbonyl (C=O) groups is 2. The Labute approximate surface area is 171 Å². The van der Waals surface area contributed by atoms with Gasteiger partial charge in [0.1, 0.15) is 12.2 Å². The molecule has 3 aliphatic rings. The maximum absolute atomic E-state index is 12.1. The number of carbonyl (C=O) groups excluding carboxylic acids is 2. The van der Waals surface area contributed by atoms with Gasteiger partial charge in [0.05, 0.1) is 11.3 Å². The molecule has 0 aromatic heterocycles. The van der Waals surface area contributed by atoms with Crippen LogP contribution in [0.15, 0.2) is 24.3 Å². The third-order valence-electron chi connectivity index (χ3n) is 6.06. The quantitative estimate of drug-likeness (QED) is 0.621. The summed E-state index contributed by atoms with van der Waals surface area (Å²) in [7, 11) is 3.63. The van der Waals surface area contributed by atoms with E-state index in [1.165, 1.54) is 12.6 Å². The number of benzene rings is 1. The molecule has 7 nitrogen and oxygen atoms in total. The van der Waals surface area contributed by atoms with Gasteiger partial charge in [0.15, 0.2) is 11.5 Å². The highest BCUT2D eigenvalue weighted by Gasteiger charge is 2.53. The molecule has 1 N–H and O–H groups in total. The summed E-state index contributed by atoms with van der Waals surface area (Å²) >= 11 is 0. The summed E-state index contributed by atoms with van der Waals surface area (Å²) in [6.45, 7) is 5.38. The fraction of sp³-hybridized carbons (Fsp3) is 0.545. The number of hydrogen-bond donors (Lipinski definition) is 1. The van der Waals surface area contributed by atoms with E-state index < -0.39 is 6.09 Å². The molecule has 1 aromatic carbocycles. The maximum Gasteiger partial charge on any atom is 0.412 e. The minimum atomic E-state index is -0.529. The fourth-order valence-electron chi connectivity index (χ4n) is 4.51. The Bertz CT molecular complexity index is 865. The highest BCUT2D eigenvalue weighted by Crippen LogP contribution is 2.55. The van der Waals surface area contributed by atoms with Crippen LogP contribution < -0.4 is 14.8 Å². The Hall–Kier alpha value is -2.54. The standard InChI is InChI=1S/C22H28N2O5/c1-13(2)20(25)27-15-7-8-22-9-10-24(4)12-14-5-6-16(28-21(26)23-3)19(18(14)22)29-17(22)11-15/h5-8,13,15,17H,9-12H2,1-4H3,(H,23,26)/t15-,17-,22-/m0/s1. The molecule has 4 rings (SSSR count). The predicted molar refractivity (Wildman–Crippen MR) is 107 cm³/mol. The molecule has 0 fully saturated rings. The second kappa shape index (κ2) is 7.37. The van der Waals surface area contributed by atoms with E-state index in [-0.39, 0.29) is 29.5 Å². The molecule has 1 aromatic rings. The van der Waals surface area contributed by atoms with Crippen molar-refractivity contribution in [1.29, 1.82) is 0 Å². The Kier molecular flexibility index (Phi) is 5.02. The van der Waals surface area contributed by atoms with Gasteiger partial charge in [-0.2, -0.15) is 0 Å². The largest absolute Gasteiger partial charge is 0.485 e. The van der Waals surface area contributed by atoms with Crippen molar-refractivity contribution >= 4 is 12.1 Å². The minimum Gasteiger partial charge on any atom is -0.485 e. The molecule has 1 spiro atoms. The molecule has 0 saturated heterocycles. The first kappa shape index (κ1) is 19.8. The van der Waals surface area contributed by atoms with Crippen LogP contribution >= 0.6 is 0 Å². The van der Waals surface area contributed by atoms with Crippen molar-refractivity contribution in [2.45, 2.75) is 50.9 Å². The molecule has 2 aliphatic heterocycles. The van der Waals surface area contributed by atoms with E-state index in [0.29, 0.717) is 17.9 Å². The number of esters is 1. The fourth-order valence-corrected chi connectivity index (χ4v) is 4.51. The van der Waals surface area contributed by atoms with Crippen molar-refractivity contribution in [2.75, 3.05) is 20.6 Å². The van der Waals surface area contributed by atoms with Gasteiger partial charge in [-0.1, -0.05) is 26.0 Å². The lowest BCUT2D eigenvalue weighted by Crippen LogP contribution is -2.44. The van der Waals surface area contributed by atoms with Crippen LogP contribution in [0.4, 0.5) is 4.79 Å². The summed E-state index contributed by atoms with van der Waals surface area (Å²) in [6.07, 6.45) is 4.59. The van der Waals surface area contributed by atoms with Gasteiger partial charge in [-0.05, 0) is 37.7 Å². The summed E-state index contributed by atoms with van der Waals surface area (Å²) in [5.74, 6) is 0.667. The van der Waals surface area contributed by atoms with Crippen LogP contribution in [0.5, 0.6) is 11.5 Å². The van der Waals surface area contributed by atoms with Crippen LogP contribution in [-0.4, -0.2) is 49.8 Å². The zero-order chi connectivity index (χ0) is 20.8. The lowest BCUT2D eigenvalue weighted by Gasteiger charge is -2.36. The average Bonchev–Trinajstić information content (AvgIpc) is 2.95. The summed E-state index contributed by atoms with van der Waals surface area (Å²) in [4.78, 5) is 26.2. The van der Waals surface area contributed by atoms with Crippen LogP contribution in [0.1, 0.15) is 37.8 Å². The van der Waals surface area contributed by atoms with Crippen LogP contribution in [0.25, 0.3) is 0 Å². The van der Waals surface area contributed by atoms with Gasteiger partial charge in [0.25, 0.3) is 0 Å². The van der Waals surface area contributed by atoms with Crippen molar-refractivity contribution in [2.24, 2.45) is 5.92 Å². The van der Waals surface area contributed by atoms with Gasteiger partial charge < -0.3 is 24.4 Å². The highest BCUT2D eigenvalue weighted by molar-refractivity contribution is 5.73. The summed E-state index contributed by atoms with van der Waals surface area (Å²) in [6, 6.07) is 3.82. The second-order valence-electron chi connectivity index (χ2n) is 8.43. The molecule has 0 saturated carbocycles. The molecule has 2 heterocycles. The van der Waals surface area contributed by atoms with E-state index in [2.05, 4.69) is 23.3 Å². The van der Waals surface area contributed by atoms with Gasteiger partial charge in [-0.25, -0.2) is 4.79 Å². The number of nitrogens with zero attached hydrogens (tertiary/aromatic N) is 1. The van der Waals surface area contributed by atoms with E-state index >= 15 is 0 Å². The van der Waals surface area contributed by atoms with Crippen molar-refractivity contribution in [1.82, 2.24) is 10.2 Å². The lowest BCUT2D eigenvalue weighted by molar-refractivity contribution is -0.152. The summed E-state index contributed by atoms with van der Waals surface area (Å²) in [5, 5.41) is 2.48. The monoisotopic (exact) mass is 400 g/mol. The van der Waals surface area contributed by atoms with Gasteiger partial charge >= 0.3 is 12.1 Å². The molecule has 7 heteroatoms. The first-order valence-electron chi connectivity index (χ1n) is 10.1. The van der Waals surface area contributed by atoms with Crippen LogP contribution in [0.2, 0.25) is 0 Å². The third kappa shape index (κ3) is 3.37. The number of amides is 1. The predicted octanol–water partition coefficient (Wildman–Crippen LogP) is 2.77. The van der Waals surface area contributed by atoms with E-state index in [1.54, 1.807) is 6.07 Å². The number of nitrogens with one attached hydrogen (secondary N) is 1. The minimum absolute atomic E-state index is 0.174. The van der Waals surface area contributed by atoms with Crippen molar-refractivity contribution < 1.29 is 23.8 Å².